The van der Waals surface area contributed by atoms with Crippen molar-refractivity contribution in [1.29, 1.82) is 0 Å². The lowest BCUT2D eigenvalue weighted by molar-refractivity contribution is 0.112. The standard InChI is InChI=1S/C15H14F2N2O/c1-9(10-2-3-10)19-7-12(8-20)15(18-19)11-4-5-13(16)14(17)6-11/h4-10H,2-3H2,1H3. The van der Waals surface area contributed by atoms with Crippen LogP contribution in [0.2, 0.25) is 0 Å². The second-order valence-corrected chi connectivity index (χ2v) is 5.24. The number of benzene rings is 1. The van der Waals surface area contributed by atoms with Gasteiger partial charge >= 0.3 is 0 Å². The zero-order valence-electron chi connectivity index (χ0n) is 11.0. The van der Waals surface area contributed by atoms with E-state index in [1.165, 1.54) is 6.07 Å². The highest BCUT2D eigenvalue weighted by Crippen LogP contribution is 2.39. The third kappa shape index (κ3) is 2.24. The minimum absolute atomic E-state index is 0.216. The Morgan fingerprint density at radius 3 is 2.70 bits per heavy atom. The molecule has 1 aromatic heterocycles. The van der Waals surface area contributed by atoms with Crippen molar-refractivity contribution in [2.24, 2.45) is 5.92 Å². The summed E-state index contributed by atoms with van der Waals surface area (Å²) in [5.41, 5.74) is 1.20. The average molecular weight is 276 g/mol. The summed E-state index contributed by atoms with van der Waals surface area (Å²) in [4.78, 5) is 11.2. The Morgan fingerprint density at radius 1 is 1.35 bits per heavy atom. The molecule has 0 N–H and O–H groups in total. The van der Waals surface area contributed by atoms with Crippen molar-refractivity contribution < 1.29 is 13.6 Å². The van der Waals surface area contributed by atoms with E-state index >= 15 is 0 Å². The first-order chi connectivity index (χ1) is 9.60. The third-order valence-corrected chi connectivity index (χ3v) is 3.80. The van der Waals surface area contributed by atoms with Gasteiger partial charge in [0.05, 0.1) is 11.6 Å². The number of carbonyl (C=O) groups is 1. The van der Waals surface area contributed by atoms with Crippen LogP contribution in [0.25, 0.3) is 11.3 Å². The van der Waals surface area contributed by atoms with E-state index in [9.17, 15) is 13.6 Å². The van der Waals surface area contributed by atoms with Crippen molar-refractivity contribution in [3.05, 3.63) is 41.6 Å². The van der Waals surface area contributed by atoms with E-state index in [1.807, 2.05) is 6.92 Å². The molecule has 5 heteroatoms. The number of hydrogen-bond donors (Lipinski definition) is 0. The monoisotopic (exact) mass is 276 g/mol. The minimum Gasteiger partial charge on any atom is -0.298 e. The van der Waals surface area contributed by atoms with Crippen LogP contribution in [0.3, 0.4) is 0 Å². The number of hydrogen-bond acceptors (Lipinski definition) is 2. The molecule has 0 aliphatic heterocycles. The molecule has 1 aliphatic rings. The molecule has 1 unspecified atom stereocenters. The summed E-state index contributed by atoms with van der Waals surface area (Å²) in [6.07, 6.45) is 4.70. The van der Waals surface area contributed by atoms with Crippen molar-refractivity contribution in [3.8, 4) is 11.3 Å². The van der Waals surface area contributed by atoms with Crippen LogP contribution in [-0.2, 0) is 0 Å². The molecule has 3 rings (SSSR count). The SMILES string of the molecule is CC(C1CC1)n1cc(C=O)c(-c2ccc(F)c(F)c2)n1. The molecule has 104 valence electrons. The highest BCUT2D eigenvalue weighted by molar-refractivity contribution is 5.85. The highest BCUT2D eigenvalue weighted by atomic mass is 19.2. The van der Waals surface area contributed by atoms with Crippen LogP contribution in [0.4, 0.5) is 8.78 Å². The van der Waals surface area contributed by atoms with Gasteiger partial charge in [-0.1, -0.05) is 0 Å². The molecule has 0 amide bonds. The summed E-state index contributed by atoms with van der Waals surface area (Å²) in [6, 6.07) is 3.76. The molecule has 0 saturated heterocycles. The summed E-state index contributed by atoms with van der Waals surface area (Å²) >= 11 is 0. The maximum atomic E-state index is 13.3. The van der Waals surface area contributed by atoms with Crippen LogP contribution < -0.4 is 0 Å². The van der Waals surface area contributed by atoms with Crippen LogP contribution >= 0.6 is 0 Å². The highest BCUT2D eigenvalue weighted by Gasteiger charge is 2.30. The first kappa shape index (κ1) is 13.0. The number of rotatable bonds is 4. The quantitative estimate of drug-likeness (QED) is 0.799. The van der Waals surface area contributed by atoms with Gasteiger partial charge in [0.1, 0.15) is 5.69 Å². The van der Waals surface area contributed by atoms with E-state index in [4.69, 9.17) is 0 Å². The van der Waals surface area contributed by atoms with Crippen molar-refractivity contribution in [1.82, 2.24) is 9.78 Å². The maximum absolute atomic E-state index is 13.3. The lowest BCUT2D eigenvalue weighted by Crippen LogP contribution is -2.07. The van der Waals surface area contributed by atoms with E-state index in [-0.39, 0.29) is 6.04 Å². The van der Waals surface area contributed by atoms with E-state index in [1.54, 1.807) is 10.9 Å². The van der Waals surface area contributed by atoms with Gasteiger partial charge in [-0.3, -0.25) is 9.48 Å². The summed E-state index contributed by atoms with van der Waals surface area (Å²) in [5, 5.41) is 4.38. The Bertz CT molecular complexity index is 662. The fourth-order valence-corrected chi connectivity index (χ4v) is 2.36. The van der Waals surface area contributed by atoms with Crippen LogP contribution in [0.5, 0.6) is 0 Å². The molecule has 1 aromatic carbocycles. The topological polar surface area (TPSA) is 34.9 Å². The fraction of sp³-hybridized carbons (Fsp3) is 0.333. The van der Waals surface area contributed by atoms with Crippen molar-refractivity contribution in [2.45, 2.75) is 25.8 Å². The molecule has 1 aliphatic carbocycles. The van der Waals surface area contributed by atoms with Gasteiger partial charge in [-0.25, -0.2) is 8.78 Å². The molecular formula is C15H14F2N2O. The summed E-state index contributed by atoms with van der Waals surface area (Å²) in [7, 11) is 0. The first-order valence-corrected chi connectivity index (χ1v) is 6.60. The van der Waals surface area contributed by atoms with Gasteiger partial charge in [-0.05, 0) is 43.9 Å². The largest absolute Gasteiger partial charge is 0.298 e. The van der Waals surface area contributed by atoms with Gasteiger partial charge < -0.3 is 0 Å². The number of nitrogens with zero attached hydrogens (tertiary/aromatic N) is 2. The molecule has 1 atom stereocenters. The fourth-order valence-electron chi connectivity index (χ4n) is 2.36. The maximum Gasteiger partial charge on any atom is 0.159 e. The summed E-state index contributed by atoms with van der Waals surface area (Å²) in [6.45, 7) is 2.05. The van der Waals surface area contributed by atoms with E-state index < -0.39 is 11.6 Å². The lowest BCUT2D eigenvalue weighted by Gasteiger charge is -2.09. The Balaban J connectivity index is 2.02. The average Bonchev–Trinajstić information content (AvgIpc) is 3.20. The van der Waals surface area contributed by atoms with Gasteiger partial charge in [-0.2, -0.15) is 5.10 Å². The van der Waals surface area contributed by atoms with Crippen LogP contribution in [0, 0.1) is 17.6 Å². The molecule has 3 nitrogen and oxygen atoms in total. The van der Waals surface area contributed by atoms with E-state index in [2.05, 4.69) is 5.10 Å². The van der Waals surface area contributed by atoms with Gasteiger partial charge in [-0.15, -0.1) is 0 Å². The normalized spacial score (nSPS) is 16.1. The van der Waals surface area contributed by atoms with Gasteiger partial charge in [0.25, 0.3) is 0 Å². The van der Waals surface area contributed by atoms with Crippen LogP contribution in [0.15, 0.2) is 24.4 Å². The lowest BCUT2D eigenvalue weighted by atomic mass is 10.1. The molecule has 20 heavy (non-hydrogen) atoms. The zero-order chi connectivity index (χ0) is 14.3. The number of halogens is 2. The van der Waals surface area contributed by atoms with E-state index in [0.717, 1.165) is 25.0 Å². The van der Waals surface area contributed by atoms with Crippen molar-refractivity contribution >= 4 is 6.29 Å². The predicted molar refractivity (Wildman–Crippen MR) is 70.4 cm³/mol. The Hall–Kier alpha value is -2.04. The Kier molecular flexibility index (Phi) is 3.12. The molecule has 1 saturated carbocycles. The number of carbonyl (C=O) groups excluding carboxylic acids is 1. The smallest absolute Gasteiger partial charge is 0.159 e. The third-order valence-electron chi connectivity index (χ3n) is 3.80. The molecular weight excluding hydrogens is 262 g/mol. The van der Waals surface area contributed by atoms with Gasteiger partial charge in [0.15, 0.2) is 17.9 Å². The summed E-state index contributed by atoms with van der Waals surface area (Å²) in [5.74, 6) is -1.26. The van der Waals surface area contributed by atoms with E-state index in [0.29, 0.717) is 29.0 Å². The van der Waals surface area contributed by atoms with Gasteiger partial charge in [0, 0.05) is 11.8 Å². The second kappa shape index (κ2) is 4.81. The number of aromatic nitrogens is 2. The minimum atomic E-state index is -0.941. The van der Waals surface area contributed by atoms with Crippen molar-refractivity contribution in [3.63, 3.8) is 0 Å². The number of aldehydes is 1. The molecule has 0 radical (unpaired) electrons. The van der Waals surface area contributed by atoms with Crippen molar-refractivity contribution in [2.75, 3.05) is 0 Å². The zero-order valence-corrected chi connectivity index (χ0v) is 11.0. The summed E-state index contributed by atoms with van der Waals surface area (Å²) < 4.78 is 28.0. The van der Waals surface area contributed by atoms with Gasteiger partial charge in [0.2, 0.25) is 0 Å². The molecule has 1 heterocycles. The molecule has 2 aromatic rings. The molecule has 1 fully saturated rings. The Morgan fingerprint density at radius 2 is 2.10 bits per heavy atom. The first-order valence-electron chi connectivity index (χ1n) is 6.60. The van der Waals surface area contributed by atoms with Crippen LogP contribution in [0.1, 0.15) is 36.2 Å². The van der Waals surface area contributed by atoms with Crippen LogP contribution in [-0.4, -0.2) is 16.1 Å². The molecule has 0 spiro atoms. The Labute approximate surface area is 115 Å². The predicted octanol–water partition coefficient (Wildman–Crippen LogP) is 3.61. The second-order valence-electron chi connectivity index (χ2n) is 5.24. The molecule has 0 bridgehead atoms.